The summed E-state index contributed by atoms with van der Waals surface area (Å²) in [5.74, 6) is 0.277. The van der Waals surface area contributed by atoms with Gasteiger partial charge in [0, 0.05) is 7.05 Å². The average Bonchev–Trinajstić information content (AvgIpc) is 2.35. The Bertz CT molecular complexity index is 438. The van der Waals surface area contributed by atoms with Crippen LogP contribution in [0.15, 0.2) is 66.9 Å². The normalized spacial score (nSPS) is 12.2. The first-order valence-electron chi connectivity index (χ1n) is 5.40. The van der Waals surface area contributed by atoms with Crippen molar-refractivity contribution in [3.8, 4) is 5.75 Å². The zero-order valence-electron chi connectivity index (χ0n) is 9.93. The zero-order chi connectivity index (χ0) is 12.5. The average molecular weight is 227 g/mol. The minimum Gasteiger partial charge on any atom is -0.508 e. The molecular weight excluding hydrogens is 210 g/mol. The molecule has 88 valence electrons. The summed E-state index contributed by atoms with van der Waals surface area (Å²) in [6, 6.07) is 7.05. The molecule has 2 heteroatoms. The molecule has 0 saturated heterocycles. The molecule has 0 aliphatic carbocycles. The molecule has 0 aliphatic heterocycles. The highest BCUT2D eigenvalue weighted by Crippen LogP contribution is 2.12. The number of allylic oxidation sites excluding steroid dienone is 5. The van der Waals surface area contributed by atoms with Gasteiger partial charge in [0.25, 0.3) is 0 Å². The predicted molar refractivity (Wildman–Crippen MR) is 73.6 cm³/mol. The van der Waals surface area contributed by atoms with Gasteiger partial charge < -0.3 is 10.4 Å². The predicted octanol–water partition coefficient (Wildman–Crippen LogP) is 3.25. The third-order valence-corrected chi connectivity index (χ3v) is 2.11. The molecule has 0 heterocycles. The molecule has 0 amide bonds. The maximum atomic E-state index is 9.17. The number of phenols is 1. The Morgan fingerprint density at radius 1 is 1.24 bits per heavy atom. The lowest BCUT2D eigenvalue weighted by Gasteiger charge is -1.96. The second kappa shape index (κ2) is 7.12. The third-order valence-electron chi connectivity index (χ3n) is 2.11. The van der Waals surface area contributed by atoms with Crippen molar-refractivity contribution in [3.05, 3.63) is 72.5 Å². The summed E-state index contributed by atoms with van der Waals surface area (Å²) >= 11 is 0. The molecule has 1 aromatic carbocycles. The standard InChI is InChI=1S/C15H17NO/c1-3-4-13(11-12-16-2)5-6-14-7-9-15(17)10-8-14/h3-12,16-17H,1H2,2H3/b6-5+,12-11-,13-4-. The highest BCUT2D eigenvalue weighted by atomic mass is 16.3. The van der Waals surface area contributed by atoms with E-state index in [1.807, 2.05) is 49.7 Å². The molecule has 17 heavy (non-hydrogen) atoms. The largest absolute Gasteiger partial charge is 0.508 e. The smallest absolute Gasteiger partial charge is 0.115 e. The van der Waals surface area contributed by atoms with Crippen LogP contribution >= 0.6 is 0 Å². The van der Waals surface area contributed by atoms with E-state index in [9.17, 15) is 0 Å². The first-order chi connectivity index (χ1) is 8.26. The van der Waals surface area contributed by atoms with Gasteiger partial charge in [-0.25, -0.2) is 0 Å². The summed E-state index contributed by atoms with van der Waals surface area (Å²) in [6.07, 6.45) is 11.5. The van der Waals surface area contributed by atoms with Crippen LogP contribution in [0.2, 0.25) is 0 Å². The number of nitrogens with one attached hydrogen (secondary N) is 1. The summed E-state index contributed by atoms with van der Waals surface area (Å²) in [4.78, 5) is 0. The number of aromatic hydroxyl groups is 1. The fourth-order valence-electron chi connectivity index (χ4n) is 1.26. The Hall–Kier alpha value is -2.22. The lowest BCUT2D eigenvalue weighted by molar-refractivity contribution is 0.475. The van der Waals surface area contributed by atoms with Crippen LogP contribution in [0.3, 0.4) is 0 Å². The lowest BCUT2D eigenvalue weighted by Crippen LogP contribution is -1.91. The fourth-order valence-corrected chi connectivity index (χ4v) is 1.26. The van der Waals surface area contributed by atoms with E-state index in [4.69, 9.17) is 5.11 Å². The van der Waals surface area contributed by atoms with Crippen LogP contribution in [0.1, 0.15) is 5.56 Å². The van der Waals surface area contributed by atoms with Gasteiger partial charge in [0.1, 0.15) is 5.75 Å². The SMILES string of the molecule is C=C/C=C(\C=C/NC)/C=C/c1ccc(O)cc1. The van der Waals surface area contributed by atoms with Gasteiger partial charge >= 0.3 is 0 Å². The number of phenolic OH excluding ortho intramolecular Hbond substituents is 1. The highest BCUT2D eigenvalue weighted by Gasteiger charge is 1.89. The summed E-state index contributed by atoms with van der Waals surface area (Å²) in [7, 11) is 1.85. The molecule has 0 radical (unpaired) electrons. The van der Waals surface area contributed by atoms with Crippen LogP contribution in [0.5, 0.6) is 5.75 Å². The second-order valence-corrected chi connectivity index (χ2v) is 3.45. The van der Waals surface area contributed by atoms with Gasteiger partial charge in [-0.1, -0.05) is 43.0 Å². The Balaban J connectivity index is 2.79. The van der Waals surface area contributed by atoms with Crippen molar-refractivity contribution < 1.29 is 5.11 Å². The van der Waals surface area contributed by atoms with Crippen LogP contribution in [0, 0.1) is 0 Å². The monoisotopic (exact) mass is 227 g/mol. The molecular formula is C15H17NO. The van der Waals surface area contributed by atoms with Crippen molar-refractivity contribution >= 4 is 6.08 Å². The Kier molecular flexibility index (Phi) is 5.38. The zero-order valence-corrected chi connectivity index (χ0v) is 9.93. The topological polar surface area (TPSA) is 32.3 Å². The van der Waals surface area contributed by atoms with Crippen molar-refractivity contribution in [1.29, 1.82) is 0 Å². The van der Waals surface area contributed by atoms with E-state index in [0.29, 0.717) is 0 Å². The molecule has 0 aromatic heterocycles. The van der Waals surface area contributed by atoms with Gasteiger partial charge in [-0.15, -0.1) is 0 Å². The maximum absolute atomic E-state index is 9.17. The number of benzene rings is 1. The van der Waals surface area contributed by atoms with Gasteiger partial charge in [0.2, 0.25) is 0 Å². The molecule has 2 nitrogen and oxygen atoms in total. The van der Waals surface area contributed by atoms with Crippen molar-refractivity contribution in [2.24, 2.45) is 0 Å². The van der Waals surface area contributed by atoms with Gasteiger partial charge in [0.05, 0.1) is 0 Å². The minimum atomic E-state index is 0.277. The molecule has 0 saturated carbocycles. The van der Waals surface area contributed by atoms with E-state index < -0.39 is 0 Å². The summed E-state index contributed by atoms with van der Waals surface area (Å²) in [6.45, 7) is 3.68. The number of hydrogen-bond acceptors (Lipinski definition) is 2. The van der Waals surface area contributed by atoms with Crippen molar-refractivity contribution in [2.45, 2.75) is 0 Å². The third kappa shape index (κ3) is 4.89. The first-order valence-corrected chi connectivity index (χ1v) is 5.40. The van der Waals surface area contributed by atoms with Gasteiger partial charge in [-0.2, -0.15) is 0 Å². The van der Waals surface area contributed by atoms with Gasteiger partial charge in [-0.3, -0.25) is 0 Å². The Labute approximate surface area is 102 Å². The summed E-state index contributed by atoms with van der Waals surface area (Å²) in [5.41, 5.74) is 2.08. The molecule has 0 aliphatic rings. The van der Waals surface area contributed by atoms with Crippen LogP contribution < -0.4 is 5.32 Å². The van der Waals surface area contributed by atoms with Crippen molar-refractivity contribution in [2.75, 3.05) is 7.05 Å². The molecule has 1 rings (SSSR count). The quantitative estimate of drug-likeness (QED) is 0.757. The summed E-state index contributed by atoms with van der Waals surface area (Å²) < 4.78 is 0. The van der Waals surface area contributed by atoms with E-state index in [1.165, 1.54) is 0 Å². The molecule has 0 atom stereocenters. The van der Waals surface area contributed by atoms with E-state index in [0.717, 1.165) is 11.1 Å². The Morgan fingerprint density at radius 2 is 1.94 bits per heavy atom. The van der Waals surface area contributed by atoms with E-state index in [2.05, 4.69) is 11.9 Å². The van der Waals surface area contributed by atoms with Crippen LogP contribution in [-0.2, 0) is 0 Å². The number of rotatable bonds is 5. The summed E-state index contributed by atoms with van der Waals surface area (Å²) in [5, 5.41) is 12.1. The highest BCUT2D eigenvalue weighted by molar-refractivity contribution is 5.55. The molecule has 0 spiro atoms. The Morgan fingerprint density at radius 3 is 2.53 bits per heavy atom. The van der Waals surface area contributed by atoms with E-state index >= 15 is 0 Å². The lowest BCUT2D eigenvalue weighted by atomic mass is 10.1. The molecule has 2 N–H and O–H groups in total. The van der Waals surface area contributed by atoms with Crippen LogP contribution in [-0.4, -0.2) is 12.2 Å². The van der Waals surface area contributed by atoms with E-state index in [1.54, 1.807) is 18.2 Å². The fraction of sp³-hybridized carbons (Fsp3) is 0.0667. The first kappa shape index (κ1) is 12.8. The van der Waals surface area contributed by atoms with Crippen LogP contribution in [0.25, 0.3) is 6.08 Å². The van der Waals surface area contributed by atoms with Crippen molar-refractivity contribution in [3.63, 3.8) is 0 Å². The van der Waals surface area contributed by atoms with Gasteiger partial charge in [0.15, 0.2) is 0 Å². The molecule has 1 aromatic rings. The van der Waals surface area contributed by atoms with Crippen LogP contribution in [0.4, 0.5) is 0 Å². The maximum Gasteiger partial charge on any atom is 0.115 e. The number of hydrogen-bond donors (Lipinski definition) is 2. The molecule has 0 bridgehead atoms. The van der Waals surface area contributed by atoms with E-state index in [-0.39, 0.29) is 5.75 Å². The van der Waals surface area contributed by atoms with Gasteiger partial charge in [-0.05, 0) is 35.5 Å². The van der Waals surface area contributed by atoms with Crippen molar-refractivity contribution in [1.82, 2.24) is 5.32 Å². The second-order valence-electron chi connectivity index (χ2n) is 3.45. The molecule has 0 fully saturated rings. The minimum absolute atomic E-state index is 0.277. The molecule has 0 unspecified atom stereocenters.